The van der Waals surface area contributed by atoms with Gasteiger partial charge < -0.3 is 9.13 Å². The Hall–Kier alpha value is -7.16. The van der Waals surface area contributed by atoms with Crippen LogP contribution < -0.4 is 0 Å². The maximum atomic E-state index is 4.92. The maximum Gasteiger partial charge on any atom is 0.198 e. The molecule has 0 amide bonds. The highest BCUT2D eigenvalue weighted by Crippen LogP contribution is 2.43. The highest BCUT2D eigenvalue weighted by Gasteiger charge is 2.22. The number of fused-ring (bicyclic) bond motifs is 11. The minimum absolute atomic E-state index is 0.801. The monoisotopic (exact) mass is 709 g/mol. The van der Waals surface area contributed by atoms with Crippen LogP contribution in [0.3, 0.4) is 0 Å². The molecule has 0 spiro atoms. The molecule has 6 aromatic carbocycles. The molecule has 0 saturated heterocycles. The van der Waals surface area contributed by atoms with Gasteiger partial charge in [0.05, 0.1) is 33.4 Å². The molecular formula is C46H27N7S. The summed E-state index contributed by atoms with van der Waals surface area (Å²) in [5.74, 6) is 0. The van der Waals surface area contributed by atoms with Crippen molar-refractivity contribution in [2.45, 2.75) is 0 Å². The van der Waals surface area contributed by atoms with Gasteiger partial charge in [-0.3, -0.25) is 4.40 Å². The molecular weight excluding hydrogens is 683 g/mol. The Morgan fingerprint density at radius 2 is 1.09 bits per heavy atom. The van der Waals surface area contributed by atoms with Gasteiger partial charge in [-0.1, -0.05) is 108 Å². The zero-order chi connectivity index (χ0) is 35.3. The molecule has 0 unspecified atom stereocenters. The normalized spacial score (nSPS) is 12.1. The van der Waals surface area contributed by atoms with Gasteiger partial charge in [-0.15, -0.1) is 0 Å². The first-order valence-corrected chi connectivity index (χ1v) is 18.7. The van der Waals surface area contributed by atoms with Crippen LogP contribution >= 0.6 is 11.3 Å². The van der Waals surface area contributed by atoms with Gasteiger partial charge in [0.25, 0.3) is 0 Å². The third-order valence-electron chi connectivity index (χ3n) is 10.7. The van der Waals surface area contributed by atoms with Gasteiger partial charge in [0, 0.05) is 44.6 Å². The van der Waals surface area contributed by atoms with Crippen molar-refractivity contribution in [3.05, 3.63) is 164 Å². The van der Waals surface area contributed by atoms with E-state index in [2.05, 4.69) is 154 Å². The lowest BCUT2D eigenvalue weighted by atomic mass is 9.96. The first kappa shape index (κ1) is 29.4. The van der Waals surface area contributed by atoms with E-state index >= 15 is 0 Å². The van der Waals surface area contributed by atoms with Crippen LogP contribution in [0.15, 0.2) is 164 Å². The highest BCUT2D eigenvalue weighted by atomic mass is 32.1. The molecule has 12 rings (SSSR count). The molecule has 0 saturated carbocycles. The van der Waals surface area contributed by atoms with E-state index < -0.39 is 0 Å². The summed E-state index contributed by atoms with van der Waals surface area (Å²) in [5.41, 5.74) is 13.5. The van der Waals surface area contributed by atoms with E-state index in [4.69, 9.17) is 15.0 Å². The minimum Gasteiger partial charge on any atom is -0.309 e. The number of thiazole rings is 1. The van der Waals surface area contributed by atoms with E-state index in [1.807, 2.05) is 16.5 Å². The molecule has 12 aromatic rings. The third-order valence-corrected chi connectivity index (χ3v) is 11.7. The van der Waals surface area contributed by atoms with Crippen LogP contribution in [-0.2, 0) is 0 Å². The maximum absolute atomic E-state index is 4.92. The summed E-state index contributed by atoms with van der Waals surface area (Å²) in [6.07, 6.45) is 3.46. The number of imidazole rings is 1. The zero-order valence-corrected chi connectivity index (χ0v) is 29.4. The Kier molecular flexibility index (Phi) is 6.09. The lowest BCUT2D eigenvalue weighted by Gasteiger charge is -2.17. The van der Waals surface area contributed by atoms with Crippen LogP contribution in [0, 0.1) is 0 Å². The van der Waals surface area contributed by atoms with Crippen molar-refractivity contribution in [2.24, 2.45) is 0 Å². The van der Waals surface area contributed by atoms with Crippen LogP contribution in [0.1, 0.15) is 0 Å². The molecule has 8 heteroatoms. The van der Waals surface area contributed by atoms with Crippen LogP contribution in [0.25, 0.3) is 104 Å². The van der Waals surface area contributed by atoms with Gasteiger partial charge in [-0.2, -0.15) is 0 Å². The van der Waals surface area contributed by atoms with Gasteiger partial charge in [0.1, 0.15) is 16.5 Å². The first-order valence-electron chi connectivity index (χ1n) is 17.9. The number of pyridine rings is 1. The SMILES string of the molecule is c1ccc(-c2ncnc3c2sc2nc4cccnc4n23)c(-c2ccccc2-n2c3ccccc3c3cc(-n4c5ccccc5c5ccccc54)ccc32)c1. The molecule has 0 aliphatic rings. The Bertz CT molecular complexity index is 3420. The van der Waals surface area contributed by atoms with Crippen LogP contribution in [0.4, 0.5) is 0 Å². The largest absolute Gasteiger partial charge is 0.309 e. The quantitative estimate of drug-likeness (QED) is 0.182. The summed E-state index contributed by atoms with van der Waals surface area (Å²) >= 11 is 1.60. The van der Waals surface area contributed by atoms with Crippen molar-refractivity contribution in [1.82, 2.24) is 33.5 Å². The van der Waals surface area contributed by atoms with Gasteiger partial charge in [-0.05, 0) is 60.2 Å². The fourth-order valence-corrected chi connectivity index (χ4v) is 9.52. The average Bonchev–Trinajstić information content (AvgIpc) is 3.97. The highest BCUT2D eigenvalue weighted by molar-refractivity contribution is 7.24. The van der Waals surface area contributed by atoms with Crippen molar-refractivity contribution >= 4 is 81.4 Å². The molecule has 0 atom stereocenters. The van der Waals surface area contributed by atoms with E-state index in [1.165, 1.54) is 32.6 Å². The number of hydrogen-bond acceptors (Lipinski definition) is 5. The predicted octanol–water partition coefficient (Wildman–Crippen LogP) is 11.4. The Morgan fingerprint density at radius 3 is 1.87 bits per heavy atom. The summed E-state index contributed by atoms with van der Waals surface area (Å²) in [6.45, 7) is 0. The van der Waals surface area contributed by atoms with Gasteiger partial charge in [0.2, 0.25) is 0 Å². The van der Waals surface area contributed by atoms with Crippen molar-refractivity contribution in [2.75, 3.05) is 0 Å². The summed E-state index contributed by atoms with van der Waals surface area (Å²) in [5, 5.41) is 4.92. The van der Waals surface area contributed by atoms with Crippen molar-refractivity contribution in [3.63, 3.8) is 0 Å². The summed E-state index contributed by atoms with van der Waals surface area (Å²) in [7, 11) is 0. The van der Waals surface area contributed by atoms with E-state index in [1.54, 1.807) is 23.9 Å². The average molecular weight is 710 g/mol. The number of rotatable bonds is 4. The third kappa shape index (κ3) is 4.05. The molecule has 0 fully saturated rings. The molecule has 0 N–H and O–H groups in total. The molecule has 0 bridgehead atoms. The second-order valence-electron chi connectivity index (χ2n) is 13.5. The van der Waals surface area contributed by atoms with Gasteiger partial charge in [0.15, 0.2) is 16.3 Å². The second-order valence-corrected chi connectivity index (χ2v) is 14.5. The van der Waals surface area contributed by atoms with Gasteiger partial charge >= 0.3 is 0 Å². The van der Waals surface area contributed by atoms with Crippen molar-refractivity contribution < 1.29 is 0 Å². The van der Waals surface area contributed by atoms with Crippen LogP contribution in [-0.4, -0.2) is 33.5 Å². The van der Waals surface area contributed by atoms with Crippen LogP contribution in [0.5, 0.6) is 0 Å². The van der Waals surface area contributed by atoms with E-state index in [-0.39, 0.29) is 0 Å². The number of hydrogen-bond donors (Lipinski definition) is 0. The first-order chi connectivity index (χ1) is 26.8. The standard InChI is InChI=1S/C46H27N7S/c1-2-17-34(42-43-45(49-27-48-42)53-44-36(18-11-25-47-44)50-46(53)54-43)29(12-1)30-13-3-9-21-39(30)52-40-22-10-6-16-33(40)35-26-28(23-24-41(35)52)51-37-19-7-4-14-31(37)32-15-5-8-20-38(32)51/h1-27H. The van der Waals surface area contributed by atoms with Crippen molar-refractivity contribution in [1.29, 1.82) is 0 Å². The molecule has 7 nitrogen and oxygen atoms in total. The Morgan fingerprint density at radius 1 is 0.463 bits per heavy atom. The lowest BCUT2D eigenvalue weighted by molar-refractivity contribution is 1.16. The van der Waals surface area contributed by atoms with E-state index in [0.717, 1.165) is 71.3 Å². The summed E-state index contributed by atoms with van der Waals surface area (Å²) < 4.78 is 7.83. The fraction of sp³-hybridized carbons (Fsp3) is 0. The molecule has 6 aromatic heterocycles. The number of benzene rings is 6. The second kappa shape index (κ2) is 11.2. The number of para-hydroxylation sites is 4. The Balaban J connectivity index is 1.08. The van der Waals surface area contributed by atoms with Crippen molar-refractivity contribution in [3.8, 4) is 33.8 Å². The predicted molar refractivity (Wildman–Crippen MR) is 221 cm³/mol. The molecule has 0 aliphatic carbocycles. The molecule has 0 aliphatic heterocycles. The van der Waals surface area contributed by atoms with E-state index in [9.17, 15) is 0 Å². The molecule has 252 valence electrons. The zero-order valence-electron chi connectivity index (χ0n) is 28.6. The Labute approximate surface area is 311 Å². The summed E-state index contributed by atoms with van der Waals surface area (Å²) in [4.78, 5) is 20.0. The minimum atomic E-state index is 0.801. The molecule has 0 radical (unpaired) electrons. The summed E-state index contributed by atoms with van der Waals surface area (Å²) in [6, 6.07) is 54.2. The fourth-order valence-electron chi connectivity index (χ4n) is 8.43. The topological polar surface area (TPSA) is 65.8 Å². The number of aromatic nitrogens is 7. The smallest absolute Gasteiger partial charge is 0.198 e. The lowest BCUT2D eigenvalue weighted by Crippen LogP contribution is -1.99. The van der Waals surface area contributed by atoms with E-state index in [0.29, 0.717) is 0 Å². The van der Waals surface area contributed by atoms with Gasteiger partial charge in [-0.25, -0.2) is 19.9 Å². The number of nitrogens with zero attached hydrogens (tertiary/aromatic N) is 7. The molecule has 54 heavy (non-hydrogen) atoms. The molecule has 6 heterocycles. The van der Waals surface area contributed by atoms with Crippen LogP contribution in [0.2, 0.25) is 0 Å².